The van der Waals surface area contributed by atoms with Gasteiger partial charge in [0.25, 0.3) is 0 Å². The summed E-state index contributed by atoms with van der Waals surface area (Å²) in [7, 11) is 1.35. The predicted molar refractivity (Wildman–Crippen MR) is 83.2 cm³/mol. The molecule has 1 aromatic heterocycles. The fourth-order valence-corrected chi connectivity index (χ4v) is 3.31. The number of ether oxygens (including phenoxy) is 2. The van der Waals surface area contributed by atoms with Crippen LogP contribution in [0.4, 0.5) is 0 Å². The lowest BCUT2D eigenvalue weighted by Gasteiger charge is -2.39. The number of methoxy groups -OCH3 is 1. The topological polar surface area (TPSA) is 68.0 Å². The highest BCUT2D eigenvalue weighted by Crippen LogP contribution is 2.21. The molecule has 0 aromatic carbocycles. The molecular formula is C16H25N3O4. The Morgan fingerprint density at radius 1 is 1.35 bits per heavy atom. The molecule has 0 amide bonds. The van der Waals surface area contributed by atoms with Gasteiger partial charge in [-0.05, 0) is 19.4 Å². The average Bonchev–Trinajstić information content (AvgIpc) is 3.05. The molecule has 7 heteroatoms. The van der Waals surface area contributed by atoms with Gasteiger partial charge in [0.15, 0.2) is 5.69 Å². The second-order valence-corrected chi connectivity index (χ2v) is 6.15. The van der Waals surface area contributed by atoms with E-state index in [1.165, 1.54) is 32.6 Å². The normalized spacial score (nSPS) is 23.8. The standard InChI is InChI=1S/C16H25N3O4/c1-21-16(20)14-12-23-15(17-14)11-19-5-3-2-4-13(19)10-18-6-8-22-9-7-18/h12-13H,2-11H2,1H3/t13-/m1/s1. The molecule has 1 atom stereocenters. The van der Waals surface area contributed by atoms with Gasteiger partial charge in [-0.15, -0.1) is 0 Å². The minimum Gasteiger partial charge on any atom is -0.464 e. The third kappa shape index (κ3) is 4.31. The molecule has 23 heavy (non-hydrogen) atoms. The van der Waals surface area contributed by atoms with Crippen molar-refractivity contribution in [2.24, 2.45) is 0 Å². The molecule has 7 nitrogen and oxygen atoms in total. The van der Waals surface area contributed by atoms with E-state index in [1.807, 2.05) is 0 Å². The van der Waals surface area contributed by atoms with Gasteiger partial charge in [-0.3, -0.25) is 9.80 Å². The van der Waals surface area contributed by atoms with Gasteiger partial charge in [0.05, 0.1) is 26.9 Å². The highest BCUT2D eigenvalue weighted by molar-refractivity contribution is 5.86. The van der Waals surface area contributed by atoms with Crippen LogP contribution < -0.4 is 0 Å². The number of hydrogen-bond donors (Lipinski definition) is 0. The van der Waals surface area contributed by atoms with Gasteiger partial charge in [0.1, 0.15) is 6.26 Å². The SMILES string of the molecule is COC(=O)c1coc(CN2CCCC[C@@H]2CN2CCOCC2)n1. The van der Waals surface area contributed by atoms with E-state index < -0.39 is 5.97 Å². The van der Waals surface area contributed by atoms with E-state index in [9.17, 15) is 4.79 Å². The van der Waals surface area contributed by atoms with Crippen LogP contribution in [0.5, 0.6) is 0 Å². The van der Waals surface area contributed by atoms with Crippen LogP contribution in [0.3, 0.4) is 0 Å². The predicted octanol–water partition coefficient (Wildman–Crippen LogP) is 1.15. The van der Waals surface area contributed by atoms with Crippen LogP contribution in [0.25, 0.3) is 0 Å². The Balaban J connectivity index is 1.59. The van der Waals surface area contributed by atoms with Crippen LogP contribution in [0.1, 0.15) is 35.6 Å². The molecule has 3 heterocycles. The van der Waals surface area contributed by atoms with E-state index in [0.717, 1.165) is 39.4 Å². The second-order valence-electron chi connectivity index (χ2n) is 6.15. The van der Waals surface area contributed by atoms with E-state index in [2.05, 4.69) is 19.5 Å². The molecule has 0 bridgehead atoms. The summed E-state index contributed by atoms with van der Waals surface area (Å²) < 4.78 is 15.5. The molecule has 128 valence electrons. The number of aromatic nitrogens is 1. The van der Waals surface area contributed by atoms with Gasteiger partial charge >= 0.3 is 5.97 Å². The molecule has 2 aliphatic rings. The lowest BCUT2D eigenvalue weighted by molar-refractivity contribution is 0.0139. The first kappa shape index (κ1) is 16.4. The van der Waals surface area contributed by atoms with Crippen LogP contribution in [0.15, 0.2) is 10.7 Å². The molecule has 0 N–H and O–H groups in total. The highest BCUT2D eigenvalue weighted by atomic mass is 16.5. The van der Waals surface area contributed by atoms with Gasteiger partial charge in [-0.2, -0.15) is 0 Å². The number of rotatable bonds is 5. The summed E-state index contributed by atoms with van der Waals surface area (Å²) in [5, 5.41) is 0. The van der Waals surface area contributed by atoms with E-state index >= 15 is 0 Å². The third-order valence-corrected chi connectivity index (χ3v) is 4.61. The Bertz CT molecular complexity index is 513. The van der Waals surface area contributed by atoms with Gasteiger partial charge in [-0.1, -0.05) is 6.42 Å². The van der Waals surface area contributed by atoms with Gasteiger partial charge in [-0.25, -0.2) is 9.78 Å². The smallest absolute Gasteiger partial charge is 0.360 e. The summed E-state index contributed by atoms with van der Waals surface area (Å²) >= 11 is 0. The van der Waals surface area contributed by atoms with E-state index in [-0.39, 0.29) is 5.69 Å². The number of morpholine rings is 1. The zero-order chi connectivity index (χ0) is 16.1. The van der Waals surface area contributed by atoms with E-state index in [1.54, 1.807) is 0 Å². The van der Waals surface area contributed by atoms with Crippen LogP contribution in [-0.2, 0) is 16.0 Å². The van der Waals surface area contributed by atoms with E-state index in [0.29, 0.717) is 18.5 Å². The van der Waals surface area contributed by atoms with Gasteiger partial charge < -0.3 is 13.9 Å². The Labute approximate surface area is 136 Å². The van der Waals surface area contributed by atoms with Crippen molar-refractivity contribution >= 4 is 5.97 Å². The number of likely N-dealkylation sites (tertiary alicyclic amines) is 1. The molecule has 0 aliphatic carbocycles. The third-order valence-electron chi connectivity index (χ3n) is 4.61. The minimum atomic E-state index is -0.455. The maximum atomic E-state index is 11.5. The maximum Gasteiger partial charge on any atom is 0.360 e. The van der Waals surface area contributed by atoms with Crippen LogP contribution in [0, 0.1) is 0 Å². The summed E-state index contributed by atoms with van der Waals surface area (Å²) in [6.45, 7) is 6.43. The van der Waals surface area contributed by atoms with Crippen LogP contribution in [0.2, 0.25) is 0 Å². The number of carbonyl (C=O) groups excluding carboxylic acids is 1. The number of oxazole rings is 1. The maximum absolute atomic E-state index is 11.5. The molecule has 3 rings (SSSR count). The van der Waals surface area contributed by atoms with Crippen molar-refractivity contribution in [3.63, 3.8) is 0 Å². The van der Waals surface area contributed by atoms with Crippen molar-refractivity contribution in [1.82, 2.24) is 14.8 Å². The molecule has 0 spiro atoms. The molecule has 2 saturated heterocycles. The largest absolute Gasteiger partial charge is 0.464 e. The first-order valence-corrected chi connectivity index (χ1v) is 8.33. The Morgan fingerprint density at radius 2 is 2.17 bits per heavy atom. The Morgan fingerprint density at radius 3 is 2.96 bits per heavy atom. The molecule has 0 radical (unpaired) electrons. The van der Waals surface area contributed by atoms with Crippen molar-refractivity contribution in [3.8, 4) is 0 Å². The van der Waals surface area contributed by atoms with Crippen molar-refractivity contribution in [3.05, 3.63) is 17.8 Å². The fraction of sp³-hybridized carbons (Fsp3) is 0.750. The first-order valence-electron chi connectivity index (χ1n) is 8.33. The number of hydrogen-bond acceptors (Lipinski definition) is 7. The lowest BCUT2D eigenvalue weighted by atomic mass is 10.0. The monoisotopic (exact) mass is 323 g/mol. The lowest BCUT2D eigenvalue weighted by Crippen LogP contribution is -2.49. The molecule has 1 aromatic rings. The van der Waals surface area contributed by atoms with Crippen LogP contribution >= 0.6 is 0 Å². The average molecular weight is 323 g/mol. The number of nitrogens with zero attached hydrogens (tertiary/aromatic N) is 3. The molecule has 2 fully saturated rings. The molecule has 0 saturated carbocycles. The van der Waals surface area contributed by atoms with Crippen LogP contribution in [-0.4, -0.2) is 73.3 Å². The molecular weight excluding hydrogens is 298 g/mol. The molecule has 2 aliphatic heterocycles. The quantitative estimate of drug-likeness (QED) is 0.753. The summed E-state index contributed by atoms with van der Waals surface area (Å²) in [4.78, 5) is 20.6. The second kappa shape index (κ2) is 7.90. The molecule has 0 unspecified atom stereocenters. The number of carbonyl (C=O) groups is 1. The van der Waals surface area contributed by atoms with Crippen molar-refractivity contribution in [2.75, 3.05) is 46.5 Å². The number of piperidine rings is 1. The van der Waals surface area contributed by atoms with Gasteiger partial charge in [0.2, 0.25) is 5.89 Å². The number of esters is 1. The minimum absolute atomic E-state index is 0.240. The van der Waals surface area contributed by atoms with Gasteiger partial charge in [0, 0.05) is 25.7 Å². The summed E-state index contributed by atoms with van der Waals surface area (Å²) in [5.41, 5.74) is 0.240. The zero-order valence-corrected chi connectivity index (χ0v) is 13.7. The van der Waals surface area contributed by atoms with Crippen molar-refractivity contribution in [1.29, 1.82) is 0 Å². The fourth-order valence-electron chi connectivity index (χ4n) is 3.31. The zero-order valence-electron chi connectivity index (χ0n) is 13.7. The van der Waals surface area contributed by atoms with E-state index in [4.69, 9.17) is 9.15 Å². The summed E-state index contributed by atoms with van der Waals surface area (Å²) in [6.07, 6.45) is 5.04. The Hall–Kier alpha value is -1.44. The highest BCUT2D eigenvalue weighted by Gasteiger charge is 2.27. The van der Waals surface area contributed by atoms with Crippen molar-refractivity contribution in [2.45, 2.75) is 31.8 Å². The van der Waals surface area contributed by atoms with Crippen molar-refractivity contribution < 1.29 is 18.7 Å². The first-order chi connectivity index (χ1) is 11.3. The summed E-state index contributed by atoms with van der Waals surface area (Å²) in [6, 6.07) is 0.510. The Kier molecular flexibility index (Phi) is 5.64. The summed E-state index contributed by atoms with van der Waals surface area (Å²) in [5.74, 6) is 0.128.